The highest BCUT2D eigenvalue weighted by Gasteiger charge is 2.38. The number of H-pyrrole nitrogens is 2. The Morgan fingerprint density at radius 3 is 2.95 bits per heavy atom. The molecule has 0 aliphatic carbocycles. The number of rotatable bonds is 2. The van der Waals surface area contributed by atoms with Gasteiger partial charge in [0.2, 0.25) is 5.95 Å². The maximum atomic E-state index is 11.8. The van der Waals surface area contributed by atoms with Crippen LogP contribution < -0.4 is 16.2 Å². The van der Waals surface area contributed by atoms with Crippen molar-refractivity contribution in [3.05, 3.63) is 16.7 Å². The molecule has 11 heteroatoms. The Hall–Kier alpha value is -2.01. The van der Waals surface area contributed by atoms with Gasteiger partial charge in [0.25, 0.3) is 5.56 Å². The van der Waals surface area contributed by atoms with E-state index in [2.05, 4.69) is 30.6 Å². The molecule has 0 unspecified atom stereocenters. The van der Waals surface area contributed by atoms with Crippen molar-refractivity contribution in [1.82, 2.24) is 25.3 Å². The molecule has 3 heterocycles. The van der Waals surface area contributed by atoms with E-state index in [4.69, 9.17) is 12.2 Å². The van der Waals surface area contributed by atoms with Crippen LogP contribution in [0.3, 0.4) is 0 Å². The number of thiocarbonyl (C=S) groups is 1. The largest absolute Gasteiger partial charge is 0.356 e. The molecule has 2 aromatic heterocycles. The molecule has 1 fully saturated rings. The molecule has 1 aliphatic heterocycles. The third-order valence-corrected chi connectivity index (χ3v) is 5.55. The lowest BCUT2D eigenvalue weighted by Gasteiger charge is -2.25. The molecule has 1 atom stereocenters. The monoisotopic (exact) mass is 342 g/mol. The maximum absolute atomic E-state index is 11.8. The van der Waals surface area contributed by atoms with Gasteiger partial charge < -0.3 is 15.6 Å². The normalized spacial score (nSPS) is 23.5. The first-order valence-corrected chi connectivity index (χ1v) is 8.72. The number of nitrogens with one attached hydrogen (secondary N) is 4. The zero-order valence-corrected chi connectivity index (χ0v) is 13.3. The highest BCUT2D eigenvalue weighted by molar-refractivity contribution is 7.91. The number of aromatic nitrogens is 4. The van der Waals surface area contributed by atoms with Gasteiger partial charge in [-0.15, -0.1) is 0 Å². The molecule has 118 valence electrons. The average molecular weight is 342 g/mol. The molecule has 1 saturated heterocycles. The van der Waals surface area contributed by atoms with E-state index in [9.17, 15) is 13.2 Å². The van der Waals surface area contributed by atoms with E-state index < -0.39 is 15.4 Å². The van der Waals surface area contributed by atoms with Gasteiger partial charge in [0.15, 0.2) is 26.1 Å². The van der Waals surface area contributed by atoms with Crippen molar-refractivity contribution in [2.24, 2.45) is 0 Å². The first-order chi connectivity index (χ1) is 10.3. The van der Waals surface area contributed by atoms with Gasteiger partial charge in [-0.05, 0) is 25.6 Å². The SMILES string of the molecule is C[C@@]1(NC(=S)Nc2nc3nc[nH]c3c(=O)[nH]2)CCS(=O)(=O)C1. The molecule has 3 rings (SSSR count). The lowest BCUT2D eigenvalue weighted by atomic mass is 10.0. The molecule has 0 radical (unpaired) electrons. The second kappa shape index (κ2) is 5.02. The van der Waals surface area contributed by atoms with Crippen molar-refractivity contribution < 1.29 is 8.42 Å². The van der Waals surface area contributed by atoms with Crippen LogP contribution in [0, 0.1) is 0 Å². The van der Waals surface area contributed by atoms with Gasteiger partial charge >= 0.3 is 0 Å². The Morgan fingerprint density at radius 2 is 2.27 bits per heavy atom. The van der Waals surface area contributed by atoms with Crippen LogP contribution in [-0.4, -0.2) is 50.5 Å². The summed E-state index contributed by atoms with van der Waals surface area (Å²) in [6.45, 7) is 1.79. The molecule has 0 bridgehead atoms. The second-order valence-corrected chi connectivity index (χ2v) is 8.09. The summed E-state index contributed by atoms with van der Waals surface area (Å²) in [5.74, 6) is 0.295. The summed E-state index contributed by atoms with van der Waals surface area (Å²) in [4.78, 5) is 25.0. The van der Waals surface area contributed by atoms with Crippen LogP contribution in [0.2, 0.25) is 0 Å². The number of hydrogen-bond donors (Lipinski definition) is 4. The van der Waals surface area contributed by atoms with Crippen molar-refractivity contribution in [3.63, 3.8) is 0 Å². The number of sulfone groups is 1. The van der Waals surface area contributed by atoms with E-state index >= 15 is 0 Å². The Morgan fingerprint density at radius 1 is 1.50 bits per heavy atom. The van der Waals surface area contributed by atoms with Gasteiger partial charge in [-0.3, -0.25) is 9.78 Å². The molecule has 0 saturated carbocycles. The molecule has 0 amide bonds. The number of anilines is 1. The van der Waals surface area contributed by atoms with E-state index in [0.29, 0.717) is 6.42 Å². The first-order valence-electron chi connectivity index (χ1n) is 6.49. The first kappa shape index (κ1) is 14.9. The fourth-order valence-electron chi connectivity index (χ4n) is 2.42. The predicted octanol–water partition coefficient (Wildman–Crippen LogP) is -0.490. The molecule has 0 spiro atoms. The van der Waals surface area contributed by atoms with Crippen molar-refractivity contribution >= 4 is 44.3 Å². The summed E-state index contributed by atoms with van der Waals surface area (Å²) in [7, 11) is -3.04. The van der Waals surface area contributed by atoms with Gasteiger partial charge in [0, 0.05) is 0 Å². The van der Waals surface area contributed by atoms with Gasteiger partial charge in [-0.1, -0.05) is 0 Å². The summed E-state index contributed by atoms with van der Waals surface area (Å²) in [6.07, 6.45) is 1.84. The molecule has 9 nitrogen and oxygen atoms in total. The Bertz CT molecular complexity index is 902. The Labute approximate surface area is 130 Å². The highest BCUT2D eigenvalue weighted by atomic mass is 32.2. The van der Waals surface area contributed by atoms with Crippen LogP contribution in [0.1, 0.15) is 13.3 Å². The zero-order valence-electron chi connectivity index (χ0n) is 11.6. The van der Waals surface area contributed by atoms with Crippen molar-refractivity contribution in [2.75, 3.05) is 16.8 Å². The summed E-state index contributed by atoms with van der Waals surface area (Å²) < 4.78 is 23.1. The lowest BCUT2D eigenvalue weighted by Crippen LogP contribution is -2.48. The molecular weight excluding hydrogens is 328 g/mol. The van der Waals surface area contributed by atoms with Crippen LogP contribution in [0.4, 0.5) is 5.95 Å². The molecule has 0 aromatic carbocycles. The average Bonchev–Trinajstić information content (AvgIpc) is 2.93. The number of hydrogen-bond acceptors (Lipinski definition) is 6. The number of aromatic amines is 2. The predicted molar refractivity (Wildman–Crippen MR) is 85.5 cm³/mol. The smallest absolute Gasteiger partial charge is 0.278 e. The fraction of sp³-hybridized carbons (Fsp3) is 0.455. The molecule has 2 aromatic rings. The standard InChI is InChI=1S/C11H14N6O3S2/c1-11(2-3-22(19,20)4-11)17-10(21)16-9-14-7-6(8(18)15-9)12-5-13-7/h5H,2-4H2,1H3,(H4,12,13,14,15,16,17,18,21)/t11-/m1/s1. The zero-order chi connectivity index (χ0) is 16.0. The number of fused-ring (bicyclic) bond motifs is 1. The van der Waals surface area contributed by atoms with E-state index in [1.807, 2.05) is 0 Å². The van der Waals surface area contributed by atoms with E-state index in [1.165, 1.54) is 6.33 Å². The van der Waals surface area contributed by atoms with Gasteiger partial charge in [0.1, 0.15) is 0 Å². The second-order valence-electron chi connectivity index (χ2n) is 5.50. The van der Waals surface area contributed by atoms with Crippen molar-refractivity contribution in [2.45, 2.75) is 18.9 Å². The minimum absolute atomic E-state index is 0.0180. The van der Waals surface area contributed by atoms with E-state index in [1.54, 1.807) is 6.92 Å². The van der Waals surface area contributed by atoms with Crippen molar-refractivity contribution in [1.29, 1.82) is 0 Å². The fourth-order valence-corrected chi connectivity index (χ4v) is 4.86. The highest BCUT2D eigenvalue weighted by Crippen LogP contribution is 2.22. The number of imidazole rings is 1. The van der Waals surface area contributed by atoms with E-state index in [0.717, 1.165) is 0 Å². The minimum Gasteiger partial charge on any atom is -0.356 e. The van der Waals surface area contributed by atoms with Crippen LogP contribution in [0.25, 0.3) is 11.2 Å². The van der Waals surface area contributed by atoms with Crippen LogP contribution in [0.5, 0.6) is 0 Å². The minimum atomic E-state index is -3.04. The van der Waals surface area contributed by atoms with Crippen LogP contribution in [0.15, 0.2) is 11.1 Å². The van der Waals surface area contributed by atoms with Crippen LogP contribution >= 0.6 is 12.2 Å². The summed E-state index contributed by atoms with van der Waals surface area (Å²) in [5, 5.41) is 5.91. The van der Waals surface area contributed by atoms with E-state index in [-0.39, 0.29) is 39.3 Å². The van der Waals surface area contributed by atoms with Gasteiger partial charge in [-0.2, -0.15) is 4.98 Å². The number of nitrogens with zero attached hydrogens (tertiary/aromatic N) is 2. The molecule has 22 heavy (non-hydrogen) atoms. The maximum Gasteiger partial charge on any atom is 0.278 e. The quantitative estimate of drug-likeness (QED) is 0.537. The summed E-state index contributed by atoms with van der Waals surface area (Å²) in [6, 6.07) is 0. The third-order valence-electron chi connectivity index (χ3n) is 3.45. The van der Waals surface area contributed by atoms with Gasteiger partial charge in [-0.25, -0.2) is 13.4 Å². The van der Waals surface area contributed by atoms with Crippen molar-refractivity contribution in [3.8, 4) is 0 Å². The van der Waals surface area contributed by atoms with Crippen LogP contribution in [-0.2, 0) is 9.84 Å². The summed E-state index contributed by atoms with van der Waals surface area (Å²) in [5.41, 5.74) is -0.455. The lowest BCUT2D eigenvalue weighted by molar-refractivity contribution is 0.474. The third kappa shape index (κ3) is 2.95. The molecule has 1 aliphatic rings. The Kier molecular flexibility index (Phi) is 3.40. The molecular formula is C11H14N6O3S2. The van der Waals surface area contributed by atoms with Gasteiger partial charge in [0.05, 0.1) is 23.4 Å². The molecule has 4 N–H and O–H groups in total. The summed E-state index contributed by atoms with van der Waals surface area (Å²) >= 11 is 5.16. The Balaban J connectivity index is 1.75. The topological polar surface area (TPSA) is 133 Å².